The summed E-state index contributed by atoms with van der Waals surface area (Å²) < 4.78 is 8.18. The van der Waals surface area contributed by atoms with Gasteiger partial charge in [0.1, 0.15) is 12.4 Å². The van der Waals surface area contributed by atoms with E-state index in [0.717, 1.165) is 6.07 Å². The molecule has 0 heterocycles. The van der Waals surface area contributed by atoms with Crippen LogP contribution >= 0.6 is 34.8 Å². The first-order chi connectivity index (χ1) is 26.3. The molecule has 0 saturated carbocycles. The summed E-state index contributed by atoms with van der Waals surface area (Å²) >= 11 is 16.4. The number of aliphatic hydroxyl groups is 1. The molecule has 0 saturated heterocycles. The van der Waals surface area contributed by atoms with Crippen molar-refractivity contribution in [1.82, 2.24) is 0 Å². The van der Waals surface area contributed by atoms with E-state index < -0.39 is 48.8 Å². The van der Waals surface area contributed by atoms with Crippen LogP contribution in [0.2, 0.25) is 0 Å². The Labute approximate surface area is 333 Å². The van der Waals surface area contributed by atoms with Crippen LogP contribution in [-0.4, -0.2) is 65.3 Å². The predicted molar refractivity (Wildman–Crippen MR) is 205 cm³/mol. The highest BCUT2D eigenvalue weighted by Crippen LogP contribution is 2.40. The number of carbonyl (C=O) groups is 3. The number of carboxylic acid groups (broad SMARTS) is 2. The van der Waals surface area contributed by atoms with E-state index in [9.17, 15) is 49.8 Å². The summed E-state index contributed by atoms with van der Waals surface area (Å²) in [5, 5.41) is 58.5. The topological polar surface area (TPSA) is 286 Å². The molecule has 5 N–H and O–H groups in total. The molecule has 56 heavy (non-hydrogen) atoms. The van der Waals surface area contributed by atoms with Crippen LogP contribution < -0.4 is 5.73 Å². The van der Waals surface area contributed by atoms with Gasteiger partial charge in [-0.15, -0.1) is 0 Å². The second-order valence-electron chi connectivity index (χ2n) is 10.6. The number of non-ortho nitro benzene ring substituents is 3. The first-order valence-electron chi connectivity index (χ1n) is 15.7. The number of nitrogens with zero attached hydrogens (tertiary/aromatic N) is 3. The van der Waals surface area contributed by atoms with Gasteiger partial charge in [0.15, 0.2) is 12.2 Å². The van der Waals surface area contributed by atoms with Crippen LogP contribution in [0.1, 0.15) is 59.2 Å². The Balaban J connectivity index is 0.000000376. The number of nitrogens with two attached hydrogens (primary N) is 1. The lowest BCUT2D eigenvalue weighted by atomic mass is 10.1. The van der Waals surface area contributed by atoms with Crippen LogP contribution in [0.4, 0.5) is 22.7 Å². The average Bonchev–Trinajstić information content (AvgIpc) is 3.16. The molecule has 3 unspecified atom stereocenters. The summed E-state index contributed by atoms with van der Waals surface area (Å²) in [6, 6.07) is 23.0. The van der Waals surface area contributed by atoms with Crippen molar-refractivity contribution in [2.24, 2.45) is 0 Å². The number of rotatable bonds is 13. The smallest absolute Gasteiger partial charge is 0.337 e. The summed E-state index contributed by atoms with van der Waals surface area (Å²) in [5.41, 5.74) is 7.04. The number of halogens is 3. The average molecular weight is 842 g/mol. The predicted octanol–water partition coefficient (Wildman–Crippen LogP) is 7.59. The number of anilines is 1. The highest BCUT2D eigenvalue weighted by Gasteiger charge is 2.32. The van der Waals surface area contributed by atoms with Gasteiger partial charge in [0.2, 0.25) is 3.79 Å². The van der Waals surface area contributed by atoms with Gasteiger partial charge >= 0.3 is 11.9 Å². The molecule has 0 fully saturated rings. The van der Waals surface area contributed by atoms with Gasteiger partial charge in [0.05, 0.1) is 14.8 Å². The van der Waals surface area contributed by atoms with E-state index >= 15 is 0 Å². The number of hydrogen-bond donors (Lipinski definition) is 4. The van der Waals surface area contributed by atoms with Crippen molar-refractivity contribution in [3.05, 3.63) is 150 Å². The lowest BCUT2D eigenvalue weighted by Crippen LogP contribution is -2.16. The Morgan fingerprint density at radius 1 is 0.696 bits per heavy atom. The first-order valence-corrected chi connectivity index (χ1v) is 16.9. The zero-order valence-electron chi connectivity index (χ0n) is 29.3. The van der Waals surface area contributed by atoms with Crippen molar-refractivity contribution in [3.8, 4) is 0 Å². The Kier molecular flexibility index (Phi) is 20.6. The summed E-state index contributed by atoms with van der Waals surface area (Å²) in [7, 11) is 0. The van der Waals surface area contributed by atoms with Crippen LogP contribution in [0, 0.1) is 30.3 Å². The molecule has 0 bridgehead atoms. The van der Waals surface area contributed by atoms with Crippen LogP contribution in [0.3, 0.4) is 0 Å². The number of carboxylic acids is 2. The normalized spacial score (nSPS) is 12.0. The number of benzene rings is 4. The largest absolute Gasteiger partial charge is 0.479 e. The van der Waals surface area contributed by atoms with Crippen LogP contribution in [0.15, 0.2) is 97.1 Å². The van der Waals surface area contributed by atoms with E-state index in [2.05, 4.69) is 0 Å². The zero-order chi connectivity index (χ0) is 42.6. The molecule has 21 heteroatoms. The van der Waals surface area contributed by atoms with Gasteiger partial charge in [-0.2, -0.15) is 0 Å². The molecular formula is C35H35Cl3N4O14. The molecule has 0 radical (unpaired) electrons. The lowest BCUT2D eigenvalue weighted by molar-refractivity contribution is -0.385. The molecule has 3 atom stereocenters. The maximum absolute atomic E-state index is 10.9. The number of nitro groups is 3. The van der Waals surface area contributed by atoms with Gasteiger partial charge in [-0.05, 0) is 42.7 Å². The van der Waals surface area contributed by atoms with Gasteiger partial charge in [0, 0.05) is 60.9 Å². The second kappa shape index (κ2) is 23.9. The van der Waals surface area contributed by atoms with E-state index in [4.69, 9.17) is 60.2 Å². The molecule has 300 valence electrons. The maximum Gasteiger partial charge on any atom is 0.337 e. The molecule has 0 spiro atoms. The molecule has 0 aliphatic carbocycles. The van der Waals surface area contributed by atoms with Crippen molar-refractivity contribution in [1.29, 1.82) is 0 Å². The molecule has 4 rings (SSSR count). The minimum Gasteiger partial charge on any atom is -0.479 e. The third-order valence-electron chi connectivity index (χ3n) is 6.64. The maximum atomic E-state index is 10.9. The Hall–Kier alpha value is -5.76. The fraction of sp³-hybridized carbons (Fsp3) is 0.229. The summed E-state index contributed by atoms with van der Waals surface area (Å²) in [6.45, 7) is 3.99. The highest BCUT2D eigenvalue weighted by atomic mass is 35.6. The lowest BCUT2D eigenvalue weighted by Gasteiger charge is -2.18. The standard InChI is InChI=1S/C10H11NO5.C10H13NO3.C8H6Cl3NO3.C7H5NO3/c1-2-16-9(10(12)13)7-4-3-5-8(6-7)11(14)15;1-2-14-9(10(12)13)7-4-3-5-8(11)6-7;9-8(10,11)7(13)5-2-1-3-6(4-5)12(14)15;9-5-6-2-1-3-7(4-6)8(10)11/h3-6,9H,2H2,1H3,(H,12,13);3-6,9H,2,11H2,1H3,(H,12,13);1-4,7,13H;1-5H. The van der Waals surface area contributed by atoms with Crippen LogP contribution in [0.5, 0.6) is 0 Å². The van der Waals surface area contributed by atoms with Gasteiger partial charge in [-0.3, -0.25) is 35.1 Å². The molecular weight excluding hydrogens is 807 g/mol. The molecule has 18 nitrogen and oxygen atoms in total. The Morgan fingerprint density at radius 3 is 1.45 bits per heavy atom. The zero-order valence-corrected chi connectivity index (χ0v) is 31.6. The summed E-state index contributed by atoms with van der Waals surface area (Å²) in [4.78, 5) is 61.3. The first kappa shape index (κ1) is 48.3. The molecule has 0 amide bonds. The Morgan fingerprint density at radius 2 is 1.07 bits per heavy atom. The quantitative estimate of drug-likeness (QED) is 0.0331. The molecule has 4 aromatic rings. The number of aliphatic carboxylic acids is 2. The monoisotopic (exact) mass is 840 g/mol. The van der Waals surface area contributed by atoms with Crippen LogP contribution in [0.25, 0.3) is 0 Å². The van der Waals surface area contributed by atoms with Crippen molar-refractivity contribution >= 4 is 75.8 Å². The van der Waals surface area contributed by atoms with E-state index in [-0.39, 0.29) is 34.8 Å². The number of carbonyl (C=O) groups excluding carboxylic acids is 1. The van der Waals surface area contributed by atoms with Crippen LogP contribution in [-0.2, 0) is 19.1 Å². The molecule has 0 aromatic heterocycles. The van der Waals surface area contributed by atoms with Gasteiger partial charge in [0.25, 0.3) is 17.1 Å². The van der Waals surface area contributed by atoms with E-state index in [1.807, 2.05) is 0 Å². The highest BCUT2D eigenvalue weighted by molar-refractivity contribution is 6.68. The fourth-order valence-corrected chi connectivity index (χ4v) is 4.56. The molecule has 4 aromatic carbocycles. The van der Waals surface area contributed by atoms with Gasteiger partial charge < -0.3 is 30.5 Å². The minimum atomic E-state index is -1.91. The number of nitrogen functional groups attached to an aromatic ring is 1. The second-order valence-corrected chi connectivity index (χ2v) is 13.0. The third kappa shape index (κ3) is 16.7. The number of alkyl halides is 3. The fourth-order valence-electron chi connectivity index (χ4n) is 4.19. The number of aldehydes is 1. The molecule has 0 aliphatic rings. The SMILES string of the molecule is CCOC(C(=O)O)c1cccc(N)c1.CCOC(C(=O)O)c1cccc([N+](=O)[O-])c1.O=Cc1cccc([N+](=O)[O-])c1.O=[N+]([O-])c1cccc(C(O)C(Cl)(Cl)Cl)c1. The number of ether oxygens (including phenoxy) is 2. The van der Waals surface area contributed by atoms with Gasteiger partial charge in [-0.1, -0.05) is 83.3 Å². The number of nitro benzene ring substituents is 3. The van der Waals surface area contributed by atoms with Gasteiger partial charge in [-0.25, -0.2) is 9.59 Å². The Bertz CT molecular complexity index is 1960. The van der Waals surface area contributed by atoms with E-state index in [1.165, 1.54) is 66.7 Å². The number of aliphatic hydroxyl groups excluding tert-OH is 1. The van der Waals surface area contributed by atoms with E-state index in [0.29, 0.717) is 29.7 Å². The summed E-state index contributed by atoms with van der Waals surface area (Å²) in [6.07, 6.45) is -2.91. The summed E-state index contributed by atoms with van der Waals surface area (Å²) in [5.74, 6) is -2.17. The van der Waals surface area contributed by atoms with Crippen molar-refractivity contribution < 1.29 is 53.9 Å². The van der Waals surface area contributed by atoms with Crippen molar-refractivity contribution in [2.75, 3.05) is 18.9 Å². The van der Waals surface area contributed by atoms with Crippen molar-refractivity contribution in [3.63, 3.8) is 0 Å². The number of hydrogen-bond acceptors (Lipinski definition) is 13. The van der Waals surface area contributed by atoms with Crippen molar-refractivity contribution in [2.45, 2.75) is 36.0 Å². The third-order valence-corrected chi connectivity index (χ3v) is 7.26. The van der Waals surface area contributed by atoms with E-state index in [1.54, 1.807) is 38.1 Å². The molecule has 0 aliphatic heterocycles. The minimum absolute atomic E-state index is 0.0606.